The van der Waals surface area contributed by atoms with Crippen LogP contribution in [0.1, 0.15) is 38.8 Å². The molecule has 0 aliphatic heterocycles. The average molecular weight is 215 g/mol. The molecule has 0 aliphatic rings. The monoisotopic (exact) mass is 215 g/mol. The minimum Gasteiger partial charge on any atom is -0.264 e. The lowest BCUT2D eigenvalue weighted by molar-refractivity contribution is 0.411. The van der Waals surface area contributed by atoms with E-state index in [1.54, 1.807) is 0 Å². The lowest BCUT2D eigenvalue weighted by Crippen LogP contribution is -2.09. The van der Waals surface area contributed by atoms with Gasteiger partial charge in [0.15, 0.2) is 0 Å². The van der Waals surface area contributed by atoms with Gasteiger partial charge in [-0.05, 0) is 31.0 Å². The van der Waals surface area contributed by atoms with Crippen LogP contribution in [0.15, 0.2) is 29.3 Å². The summed E-state index contributed by atoms with van der Waals surface area (Å²) in [5, 5.41) is 0. The van der Waals surface area contributed by atoms with Gasteiger partial charge in [0.1, 0.15) is 0 Å². The lowest BCUT2D eigenvalue weighted by atomic mass is 9.86. The maximum Gasteiger partial charge on any atom is 0.0726 e. The number of benzene rings is 1. The molecule has 0 atom stereocenters. The van der Waals surface area contributed by atoms with E-state index >= 15 is 0 Å². The summed E-state index contributed by atoms with van der Waals surface area (Å²) in [7, 11) is 0. The van der Waals surface area contributed by atoms with Crippen LogP contribution in [-0.4, -0.2) is 6.72 Å². The maximum atomic E-state index is 4.17. The number of nitrogens with zero attached hydrogens (tertiary/aromatic N) is 1. The fraction of sp³-hybridized carbons (Fsp3) is 0.400. The van der Waals surface area contributed by atoms with Gasteiger partial charge in [-0.1, -0.05) is 51.1 Å². The number of hydrogen-bond donors (Lipinski definition) is 0. The van der Waals surface area contributed by atoms with Crippen molar-refractivity contribution in [2.45, 2.75) is 34.1 Å². The fourth-order valence-corrected chi connectivity index (χ4v) is 1.83. The van der Waals surface area contributed by atoms with Crippen molar-refractivity contribution >= 4 is 18.5 Å². The predicted octanol–water partition coefficient (Wildman–Crippen LogP) is 4.64. The molecule has 0 radical (unpaired) electrons. The van der Waals surface area contributed by atoms with Crippen LogP contribution >= 0.6 is 0 Å². The summed E-state index contributed by atoms with van der Waals surface area (Å²) >= 11 is 0. The maximum absolute atomic E-state index is 4.17. The number of hydrogen-bond acceptors (Lipinski definition) is 1. The molecule has 0 unspecified atom stereocenters. The molecule has 1 rings (SSSR count). The van der Waals surface area contributed by atoms with Crippen molar-refractivity contribution in [2.75, 3.05) is 0 Å². The molecule has 0 amide bonds. The van der Waals surface area contributed by atoms with Crippen molar-refractivity contribution in [3.8, 4) is 0 Å². The van der Waals surface area contributed by atoms with E-state index in [4.69, 9.17) is 0 Å². The van der Waals surface area contributed by atoms with E-state index < -0.39 is 0 Å². The predicted molar refractivity (Wildman–Crippen MR) is 73.5 cm³/mol. The summed E-state index contributed by atoms with van der Waals surface area (Å²) in [5.41, 5.74) is 3.72. The molecular weight excluding hydrogens is 194 g/mol. The summed E-state index contributed by atoms with van der Waals surface area (Å²) in [6.07, 6.45) is 5.13. The van der Waals surface area contributed by atoms with Gasteiger partial charge in [0.05, 0.1) is 5.69 Å². The van der Waals surface area contributed by atoms with E-state index in [9.17, 15) is 0 Å². The first-order valence-electron chi connectivity index (χ1n) is 5.69. The van der Waals surface area contributed by atoms with Crippen molar-refractivity contribution in [2.24, 2.45) is 10.4 Å². The zero-order valence-electron chi connectivity index (χ0n) is 10.7. The van der Waals surface area contributed by atoms with Crippen molar-refractivity contribution in [3.05, 3.63) is 35.4 Å². The van der Waals surface area contributed by atoms with Gasteiger partial charge in [-0.25, -0.2) is 0 Å². The Hall–Kier alpha value is -1.37. The molecule has 0 aromatic heterocycles. The van der Waals surface area contributed by atoms with E-state index in [1.807, 2.05) is 13.0 Å². The molecule has 0 bridgehead atoms. The molecule has 0 fully saturated rings. The Morgan fingerprint density at radius 2 is 2.00 bits per heavy atom. The van der Waals surface area contributed by atoms with Gasteiger partial charge in [0.2, 0.25) is 0 Å². The largest absolute Gasteiger partial charge is 0.264 e. The van der Waals surface area contributed by atoms with Gasteiger partial charge in [-0.3, -0.25) is 4.99 Å². The standard InChI is InChI=1S/C15H21N/c1-6-8-12-9-7-10-13(14(12)16-5)11-15(2,3)4/h6-10H,5,11H2,1-4H3/b8-6-. The molecule has 1 aromatic carbocycles. The van der Waals surface area contributed by atoms with Gasteiger partial charge in [0.25, 0.3) is 0 Å². The fourth-order valence-electron chi connectivity index (χ4n) is 1.83. The third-order valence-corrected chi connectivity index (χ3v) is 2.38. The molecule has 0 aliphatic carbocycles. The second-order valence-corrected chi connectivity index (χ2v) is 5.25. The average Bonchev–Trinajstić information content (AvgIpc) is 2.16. The van der Waals surface area contributed by atoms with E-state index in [0.717, 1.165) is 17.7 Å². The van der Waals surface area contributed by atoms with Gasteiger partial charge in [-0.2, -0.15) is 0 Å². The molecular formula is C15H21N. The van der Waals surface area contributed by atoms with Crippen LogP contribution in [0, 0.1) is 5.41 Å². The summed E-state index contributed by atoms with van der Waals surface area (Å²) < 4.78 is 0. The van der Waals surface area contributed by atoms with Crippen LogP contribution in [0.4, 0.5) is 5.69 Å². The lowest BCUT2D eigenvalue weighted by Gasteiger charge is -2.20. The van der Waals surface area contributed by atoms with Crippen molar-refractivity contribution < 1.29 is 0 Å². The Bertz CT molecular complexity index is 394. The number of para-hydroxylation sites is 1. The Morgan fingerprint density at radius 3 is 2.50 bits per heavy atom. The van der Waals surface area contributed by atoms with E-state index in [0.29, 0.717) is 0 Å². The van der Waals surface area contributed by atoms with Crippen LogP contribution in [-0.2, 0) is 6.42 Å². The number of rotatable bonds is 3. The van der Waals surface area contributed by atoms with Crippen molar-refractivity contribution in [3.63, 3.8) is 0 Å². The Morgan fingerprint density at radius 1 is 1.31 bits per heavy atom. The molecule has 1 heteroatoms. The second-order valence-electron chi connectivity index (χ2n) is 5.25. The van der Waals surface area contributed by atoms with Crippen LogP contribution in [0.3, 0.4) is 0 Å². The summed E-state index contributed by atoms with van der Waals surface area (Å²) in [4.78, 5) is 4.17. The van der Waals surface area contributed by atoms with Gasteiger partial charge >= 0.3 is 0 Å². The van der Waals surface area contributed by atoms with Crippen LogP contribution in [0.2, 0.25) is 0 Å². The molecule has 1 aromatic rings. The van der Waals surface area contributed by atoms with Crippen LogP contribution < -0.4 is 0 Å². The minimum absolute atomic E-state index is 0.272. The first kappa shape index (κ1) is 12.7. The van der Waals surface area contributed by atoms with Crippen molar-refractivity contribution in [1.82, 2.24) is 0 Å². The zero-order valence-corrected chi connectivity index (χ0v) is 10.7. The second kappa shape index (κ2) is 5.11. The van der Waals surface area contributed by atoms with Gasteiger partial charge in [0, 0.05) is 5.56 Å². The molecule has 0 heterocycles. The Kier molecular flexibility index (Phi) is 4.05. The molecule has 1 nitrogen and oxygen atoms in total. The van der Waals surface area contributed by atoms with Crippen LogP contribution in [0.25, 0.3) is 6.08 Å². The first-order chi connectivity index (χ1) is 7.48. The zero-order chi connectivity index (χ0) is 12.2. The van der Waals surface area contributed by atoms with Gasteiger partial charge in [-0.15, -0.1) is 0 Å². The highest BCUT2D eigenvalue weighted by atomic mass is 14.7. The Labute approximate surface area is 98.9 Å². The molecule has 0 N–H and O–H groups in total. The first-order valence-corrected chi connectivity index (χ1v) is 5.69. The van der Waals surface area contributed by atoms with E-state index in [2.05, 4.69) is 56.8 Å². The summed E-state index contributed by atoms with van der Waals surface area (Å²) in [6, 6.07) is 6.31. The van der Waals surface area contributed by atoms with Gasteiger partial charge < -0.3 is 0 Å². The molecule has 0 saturated carbocycles. The minimum atomic E-state index is 0.272. The van der Waals surface area contributed by atoms with Crippen molar-refractivity contribution in [1.29, 1.82) is 0 Å². The summed E-state index contributed by atoms with van der Waals surface area (Å²) in [5.74, 6) is 0. The highest BCUT2D eigenvalue weighted by Gasteiger charge is 2.14. The highest BCUT2D eigenvalue weighted by molar-refractivity contribution is 5.69. The molecule has 16 heavy (non-hydrogen) atoms. The number of aliphatic imine (C=N–C) groups is 1. The highest BCUT2D eigenvalue weighted by Crippen LogP contribution is 2.30. The van der Waals surface area contributed by atoms with Crippen LogP contribution in [0.5, 0.6) is 0 Å². The quantitative estimate of drug-likeness (QED) is 0.651. The Balaban J connectivity index is 3.19. The molecule has 86 valence electrons. The molecule has 0 saturated heterocycles. The van der Waals surface area contributed by atoms with E-state index in [-0.39, 0.29) is 5.41 Å². The SMILES string of the molecule is C=Nc1c(/C=C\C)cccc1CC(C)(C)C. The smallest absolute Gasteiger partial charge is 0.0726 e. The number of allylic oxidation sites excluding steroid dienone is 1. The molecule has 0 spiro atoms. The van der Waals surface area contributed by atoms with E-state index in [1.165, 1.54) is 5.56 Å². The normalized spacial score (nSPS) is 12.0. The topological polar surface area (TPSA) is 12.4 Å². The summed E-state index contributed by atoms with van der Waals surface area (Å²) in [6.45, 7) is 12.4. The third-order valence-electron chi connectivity index (χ3n) is 2.38. The third kappa shape index (κ3) is 3.34.